The van der Waals surface area contributed by atoms with E-state index < -0.39 is 0 Å². The SMILES string of the molecule is CN(C)Cc1ccccc1Oc1ccc(I)cc1CO. The van der Waals surface area contributed by atoms with E-state index in [1.54, 1.807) is 0 Å². The molecule has 20 heavy (non-hydrogen) atoms. The van der Waals surface area contributed by atoms with Gasteiger partial charge in [0, 0.05) is 21.2 Å². The smallest absolute Gasteiger partial charge is 0.133 e. The maximum atomic E-state index is 9.44. The van der Waals surface area contributed by atoms with Crippen molar-refractivity contribution in [1.29, 1.82) is 0 Å². The van der Waals surface area contributed by atoms with E-state index in [4.69, 9.17) is 4.74 Å². The summed E-state index contributed by atoms with van der Waals surface area (Å²) in [6.45, 7) is 0.789. The minimum absolute atomic E-state index is 0.0258. The molecule has 0 fully saturated rings. The Bertz CT molecular complexity index is 584. The first-order valence-corrected chi connectivity index (χ1v) is 7.48. The molecule has 0 amide bonds. The fourth-order valence-corrected chi connectivity index (χ4v) is 2.52. The number of hydrogen-bond acceptors (Lipinski definition) is 3. The van der Waals surface area contributed by atoms with E-state index in [0.717, 1.165) is 27.0 Å². The van der Waals surface area contributed by atoms with Crippen molar-refractivity contribution in [3.63, 3.8) is 0 Å². The van der Waals surface area contributed by atoms with Gasteiger partial charge in [-0.15, -0.1) is 0 Å². The largest absolute Gasteiger partial charge is 0.457 e. The molecule has 2 aromatic carbocycles. The van der Waals surface area contributed by atoms with Gasteiger partial charge in [0.05, 0.1) is 6.61 Å². The first-order valence-electron chi connectivity index (χ1n) is 6.40. The van der Waals surface area contributed by atoms with Crippen LogP contribution in [0.1, 0.15) is 11.1 Å². The van der Waals surface area contributed by atoms with Crippen LogP contribution in [0.15, 0.2) is 42.5 Å². The maximum Gasteiger partial charge on any atom is 0.133 e. The Morgan fingerprint density at radius 3 is 2.45 bits per heavy atom. The Morgan fingerprint density at radius 1 is 1.05 bits per heavy atom. The maximum absolute atomic E-state index is 9.44. The van der Waals surface area contributed by atoms with Crippen molar-refractivity contribution >= 4 is 22.6 Å². The summed E-state index contributed by atoms with van der Waals surface area (Å²) in [7, 11) is 4.06. The molecule has 3 nitrogen and oxygen atoms in total. The third-order valence-corrected chi connectivity index (χ3v) is 3.54. The lowest BCUT2D eigenvalue weighted by Crippen LogP contribution is -2.11. The number of hydrogen-bond donors (Lipinski definition) is 1. The van der Waals surface area contributed by atoms with Gasteiger partial charge in [0.1, 0.15) is 11.5 Å². The highest BCUT2D eigenvalue weighted by atomic mass is 127. The van der Waals surface area contributed by atoms with Gasteiger partial charge in [-0.3, -0.25) is 0 Å². The van der Waals surface area contributed by atoms with Crippen molar-refractivity contribution in [3.05, 3.63) is 57.2 Å². The molecule has 0 aromatic heterocycles. The summed E-state index contributed by atoms with van der Waals surface area (Å²) in [5.41, 5.74) is 1.93. The first-order chi connectivity index (χ1) is 9.60. The van der Waals surface area contributed by atoms with Crippen LogP contribution in [-0.4, -0.2) is 24.1 Å². The molecular formula is C16H18INO2. The number of para-hydroxylation sites is 1. The molecule has 4 heteroatoms. The standard InChI is InChI=1S/C16H18INO2/c1-18(2)10-12-5-3-4-6-15(12)20-16-8-7-14(17)9-13(16)11-19/h3-9,19H,10-11H2,1-2H3. The summed E-state index contributed by atoms with van der Waals surface area (Å²) in [6, 6.07) is 13.8. The highest BCUT2D eigenvalue weighted by Gasteiger charge is 2.09. The summed E-state index contributed by atoms with van der Waals surface area (Å²) in [4.78, 5) is 2.10. The number of aliphatic hydroxyl groups is 1. The van der Waals surface area contributed by atoms with Gasteiger partial charge < -0.3 is 14.7 Å². The fraction of sp³-hybridized carbons (Fsp3) is 0.250. The van der Waals surface area contributed by atoms with E-state index in [0.29, 0.717) is 5.75 Å². The Labute approximate surface area is 133 Å². The zero-order chi connectivity index (χ0) is 14.5. The van der Waals surface area contributed by atoms with E-state index >= 15 is 0 Å². The number of ether oxygens (including phenoxy) is 1. The van der Waals surface area contributed by atoms with Crippen LogP contribution in [0.3, 0.4) is 0 Å². The van der Waals surface area contributed by atoms with Crippen LogP contribution in [0.2, 0.25) is 0 Å². The number of rotatable bonds is 5. The number of benzene rings is 2. The molecule has 0 aliphatic rings. The molecule has 1 N–H and O–H groups in total. The molecular weight excluding hydrogens is 365 g/mol. The van der Waals surface area contributed by atoms with Crippen LogP contribution in [0.25, 0.3) is 0 Å². The number of halogens is 1. The average molecular weight is 383 g/mol. The van der Waals surface area contributed by atoms with Crippen LogP contribution < -0.4 is 4.74 Å². The molecule has 2 rings (SSSR count). The van der Waals surface area contributed by atoms with E-state index in [-0.39, 0.29) is 6.61 Å². The van der Waals surface area contributed by atoms with Gasteiger partial charge in [0.25, 0.3) is 0 Å². The molecule has 0 aliphatic heterocycles. The molecule has 106 valence electrons. The van der Waals surface area contributed by atoms with Gasteiger partial charge in [-0.05, 0) is 61.0 Å². The summed E-state index contributed by atoms with van der Waals surface area (Å²) in [6.07, 6.45) is 0. The van der Waals surface area contributed by atoms with Gasteiger partial charge >= 0.3 is 0 Å². The molecule has 0 bridgehead atoms. The van der Waals surface area contributed by atoms with Crippen LogP contribution in [-0.2, 0) is 13.2 Å². The van der Waals surface area contributed by atoms with Crippen molar-refractivity contribution in [2.45, 2.75) is 13.2 Å². The van der Waals surface area contributed by atoms with E-state index in [9.17, 15) is 5.11 Å². The lowest BCUT2D eigenvalue weighted by Gasteiger charge is -2.16. The normalized spacial score (nSPS) is 10.8. The van der Waals surface area contributed by atoms with Crippen molar-refractivity contribution in [2.75, 3.05) is 14.1 Å². The van der Waals surface area contributed by atoms with Crippen LogP contribution in [0.5, 0.6) is 11.5 Å². The minimum Gasteiger partial charge on any atom is -0.457 e. The Balaban J connectivity index is 2.30. The van der Waals surface area contributed by atoms with Crippen molar-refractivity contribution in [1.82, 2.24) is 4.90 Å². The van der Waals surface area contributed by atoms with Crippen LogP contribution in [0.4, 0.5) is 0 Å². The molecule has 0 spiro atoms. The fourth-order valence-electron chi connectivity index (χ4n) is 1.96. The monoisotopic (exact) mass is 383 g/mol. The van der Waals surface area contributed by atoms with E-state index in [1.165, 1.54) is 0 Å². The third kappa shape index (κ3) is 3.94. The van der Waals surface area contributed by atoms with Gasteiger partial charge in [-0.25, -0.2) is 0 Å². The zero-order valence-corrected chi connectivity index (χ0v) is 13.8. The molecule has 0 atom stereocenters. The van der Waals surface area contributed by atoms with Crippen molar-refractivity contribution in [2.24, 2.45) is 0 Å². The molecule has 0 unspecified atom stereocenters. The van der Waals surface area contributed by atoms with Crippen LogP contribution >= 0.6 is 22.6 Å². The second-order valence-electron chi connectivity index (χ2n) is 4.86. The molecule has 0 saturated carbocycles. The quantitative estimate of drug-likeness (QED) is 0.801. The molecule has 0 radical (unpaired) electrons. The summed E-state index contributed by atoms with van der Waals surface area (Å²) in [5.74, 6) is 1.54. The first kappa shape index (κ1) is 15.3. The summed E-state index contributed by atoms with van der Waals surface area (Å²) < 4.78 is 7.08. The topological polar surface area (TPSA) is 32.7 Å². The van der Waals surface area contributed by atoms with Gasteiger partial charge in [0.15, 0.2) is 0 Å². The summed E-state index contributed by atoms with van der Waals surface area (Å²) in [5, 5.41) is 9.44. The lowest BCUT2D eigenvalue weighted by molar-refractivity contribution is 0.276. The minimum atomic E-state index is -0.0258. The highest BCUT2D eigenvalue weighted by molar-refractivity contribution is 14.1. The Kier molecular flexibility index (Phi) is 5.39. The predicted octanol–water partition coefficient (Wildman–Crippen LogP) is 3.64. The van der Waals surface area contributed by atoms with E-state index in [1.807, 2.05) is 50.5 Å². The Morgan fingerprint density at radius 2 is 1.75 bits per heavy atom. The lowest BCUT2D eigenvalue weighted by atomic mass is 10.2. The Hall–Kier alpha value is -1.11. The second-order valence-corrected chi connectivity index (χ2v) is 6.10. The van der Waals surface area contributed by atoms with Crippen molar-refractivity contribution in [3.8, 4) is 11.5 Å². The molecule has 0 saturated heterocycles. The average Bonchev–Trinajstić information content (AvgIpc) is 2.42. The zero-order valence-electron chi connectivity index (χ0n) is 11.6. The predicted molar refractivity (Wildman–Crippen MR) is 89.0 cm³/mol. The van der Waals surface area contributed by atoms with E-state index in [2.05, 4.69) is 33.6 Å². The van der Waals surface area contributed by atoms with Crippen molar-refractivity contribution < 1.29 is 9.84 Å². The second kappa shape index (κ2) is 7.06. The summed E-state index contributed by atoms with van der Waals surface area (Å²) >= 11 is 2.23. The highest BCUT2D eigenvalue weighted by Crippen LogP contribution is 2.29. The number of aliphatic hydroxyl groups excluding tert-OH is 1. The molecule has 2 aromatic rings. The number of nitrogens with zero attached hydrogens (tertiary/aromatic N) is 1. The van der Waals surface area contributed by atoms with Gasteiger partial charge in [-0.2, -0.15) is 0 Å². The molecule has 0 heterocycles. The molecule has 0 aliphatic carbocycles. The van der Waals surface area contributed by atoms with Gasteiger partial charge in [-0.1, -0.05) is 18.2 Å². The van der Waals surface area contributed by atoms with Crippen LogP contribution in [0, 0.1) is 3.57 Å². The third-order valence-electron chi connectivity index (χ3n) is 2.87. The van der Waals surface area contributed by atoms with Gasteiger partial charge in [0.2, 0.25) is 0 Å².